The van der Waals surface area contributed by atoms with Crippen molar-refractivity contribution in [2.75, 3.05) is 25.5 Å². The molecule has 0 unspecified atom stereocenters. The molecule has 0 radical (unpaired) electrons. The highest BCUT2D eigenvalue weighted by atomic mass is 32.2. The molecule has 5 nitrogen and oxygen atoms in total. The Balaban J connectivity index is 2.30. The van der Waals surface area contributed by atoms with Gasteiger partial charge in [0.05, 0.1) is 12.4 Å². The zero-order valence-corrected chi connectivity index (χ0v) is 11.2. The van der Waals surface area contributed by atoms with Crippen molar-refractivity contribution < 1.29 is 18.3 Å². The number of sulfonamides is 1. The Morgan fingerprint density at radius 3 is 2.56 bits per heavy atom. The Bertz CT molecular complexity index is 442. The van der Waals surface area contributed by atoms with E-state index in [1.807, 2.05) is 6.92 Å². The lowest BCUT2D eigenvalue weighted by Gasteiger charge is -2.06. The molecule has 1 rings (SSSR count). The third-order valence-corrected chi connectivity index (χ3v) is 3.72. The Labute approximate surface area is 108 Å². The van der Waals surface area contributed by atoms with Gasteiger partial charge >= 0.3 is 0 Å². The third kappa shape index (κ3) is 6.00. The number of hydrogen-bond acceptors (Lipinski definition) is 4. The Hall–Kier alpha value is -1.11. The highest BCUT2D eigenvalue weighted by Crippen LogP contribution is 2.09. The topological polar surface area (TPSA) is 75.6 Å². The van der Waals surface area contributed by atoms with Crippen molar-refractivity contribution in [3.8, 4) is 5.75 Å². The average molecular weight is 273 g/mol. The van der Waals surface area contributed by atoms with Crippen LogP contribution in [-0.4, -0.2) is 39.0 Å². The molecule has 0 amide bonds. The minimum atomic E-state index is -3.26. The van der Waals surface area contributed by atoms with Crippen LogP contribution in [0.2, 0.25) is 0 Å². The van der Waals surface area contributed by atoms with E-state index in [-0.39, 0.29) is 18.1 Å². The van der Waals surface area contributed by atoms with E-state index in [9.17, 15) is 8.42 Å². The third-order valence-electron chi connectivity index (χ3n) is 2.37. The molecule has 0 bridgehead atoms. The molecule has 0 saturated heterocycles. The zero-order valence-electron chi connectivity index (χ0n) is 10.4. The van der Waals surface area contributed by atoms with Crippen LogP contribution in [0.5, 0.6) is 5.75 Å². The lowest BCUT2D eigenvalue weighted by Crippen LogP contribution is -2.30. The maximum absolute atomic E-state index is 11.5. The van der Waals surface area contributed by atoms with Gasteiger partial charge in [0, 0.05) is 13.2 Å². The van der Waals surface area contributed by atoms with Gasteiger partial charge in [-0.05, 0) is 31.0 Å². The highest BCUT2D eigenvalue weighted by molar-refractivity contribution is 7.89. The van der Waals surface area contributed by atoms with Crippen molar-refractivity contribution in [3.05, 3.63) is 29.8 Å². The van der Waals surface area contributed by atoms with Gasteiger partial charge in [0.25, 0.3) is 0 Å². The Kier molecular flexibility index (Phi) is 6.11. The largest absolute Gasteiger partial charge is 0.508 e. The molecular weight excluding hydrogens is 254 g/mol. The van der Waals surface area contributed by atoms with Crippen LogP contribution >= 0.6 is 0 Å². The fourth-order valence-corrected chi connectivity index (χ4v) is 2.29. The summed E-state index contributed by atoms with van der Waals surface area (Å²) >= 11 is 0. The van der Waals surface area contributed by atoms with Gasteiger partial charge in [-0.15, -0.1) is 0 Å². The van der Waals surface area contributed by atoms with E-state index >= 15 is 0 Å². The molecule has 0 aliphatic heterocycles. The van der Waals surface area contributed by atoms with Crippen LogP contribution in [0.25, 0.3) is 0 Å². The Morgan fingerprint density at radius 1 is 1.28 bits per heavy atom. The van der Waals surface area contributed by atoms with Gasteiger partial charge in [0.1, 0.15) is 5.75 Å². The van der Waals surface area contributed by atoms with Crippen LogP contribution in [0.1, 0.15) is 12.5 Å². The van der Waals surface area contributed by atoms with E-state index in [4.69, 9.17) is 9.84 Å². The summed E-state index contributed by atoms with van der Waals surface area (Å²) in [5.74, 6) is 0.187. The van der Waals surface area contributed by atoms with Gasteiger partial charge in [0.2, 0.25) is 10.0 Å². The molecule has 18 heavy (non-hydrogen) atoms. The molecule has 0 spiro atoms. The number of rotatable bonds is 8. The molecular formula is C12H19NO4S. The minimum absolute atomic E-state index is 0.0174. The van der Waals surface area contributed by atoms with Crippen molar-refractivity contribution in [2.24, 2.45) is 0 Å². The van der Waals surface area contributed by atoms with E-state index in [0.717, 1.165) is 5.56 Å². The van der Waals surface area contributed by atoms with E-state index in [2.05, 4.69) is 4.72 Å². The first kappa shape index (κ1) is 14.9. The van der Waals surface area contributed by atoms with Gasteiger partial charge in [0.15, 0.2) is 0 Å². The molecule has 102 valence electrons. The quantitative estimate of drug-likeness (QED) is 0.690. The van der Waals surface area contributed by atoms with Gasteiger partial charge in [-0.2, -0.15) is 0 Å². The summed E-state index contributed by atoms with van der Waals surface area (Å²) in [5.41, 5.74) is 0.973. The second-order valence-electron chi connectivity index (χ2n) is 3.83. The number of phenolic OH excluding ortho intramolecular Hbond substituents is 1. The number of ether oxygens (including phenoxy) is 1. The standard InChI is InChI=1S/C12H19NO4S/c1-2-17-9-10-18(15,16)13-8-7-11-3-5-12(14)6-4-11/h3-6,13-14H,2,7-10H2,1H3. The van der Waals surface area contributed by atoms with E-state index in [1.54, 1.807) is 24.3 Å². The van der Waals surface area contributed by atoms with Crippen molar-refractivity contribution in [3.63, 3.8) is 0 Å². The molecule has 1 aromatic carbocycles. The zero-order chi connectivity index (χ0) is 13.4. The summed E-state index contributed by atoms with van der Waals surface area (Å²) in [4.78, 5) is 0. The van der Waals surface area contributed by atoms with E-state index in [0.29, 0.717) is 19.6 Å². The molecule has 6 heteroatoms. The number of hydrogen-bond donors (Lipinski definition) is 2. The summed E-state index contributed by atoms with van der Waals surface area (Å²) in [6.07, 6.45) is 0.591. The molecule has 0 saturated carbocycles. The van der Waals surface area contributed by atoms with Crippen LogP contribution in [-0.2, 0) is 21.2 Å². The lowest BCUT2D eigenvalue weighted by atomic mass is 10.1. The van der Waals surface area contributed by atoms with Crippen LogP contribution in [0.4, 0.5) is 0 Å². The van der Waals surface area contributed by atoms with Crippen molar-refractivity contribution in [1.82, 2.24) is 4.72 Å². The number of nitrogens with one attached hydrogen (secondary N) is 1. The maximum atomic E-state index is 11.5. The monoisotopic (exact) mass is 273 g/mol. The van der Waals surface area contributed by atoms with Crippen LogP contribution in [0, 0.1) is 0 Å². The molecule has 0 aliphatic carbocycles. The number of phenols is 1. The molecule has 0 aromatic heterocycles. The molecule has 0 aliphatic rings. The average Bonchev–Trinajstić information content (AvgIpc) is 2.32. The SMILES string of the molecule is CCOCCS(=O)(=O)NCCc1ccc(O)cc1. The Morgan fingerprint density at radius 2 is 1.94 bits per heavy atom. The minimum Gasteiger partial charge on any atom is -0.508 e. The predicted octanol–water partition coefficient (Wildman–Crippen LogP) is 0.891. The predicted molar refractivity (Wildman–Crippen MR) is 70.1 cm³/mol. The van der Waals surface area contributed by atoms with Crippen molar-refractivity contribution in [1.29, 1.82) is 0 Å². The molecule has 0 atom stereocenters. The molecule has 0 heterocycles. The first-order valence-electron chi connectivity index (χ1n) is 5.86. The second kappa shape index (κ2) is 7.35. The fraction of sp³-hybridized carbons (Fsp3) is 0.500. The number of benzene rings is 1. The highest BCUT2D eigenvalue weighted by Gasteiger charge is 2.08. The molecule has 0 fully saturated rings. The number of aromatic hydroxyl groups is 1. The summed E-state index contributed by atoms with van der Waals surface area (Å²) < 4.78 is 30.5. The lowest BCUT2D eigenvalue weighted by molar-refractivity contribution is 0.163. The maximum Gasteiger partial charge on any atom is 0.213 e. The summed E-state index contributed by atoms with van der Waals surface area (Å²) in [6, 6.07) is 6.70. The van der Waals surface area contributed by atoms with Gasteiger partial charge < -0.3 is 9.84 Å². The van der Waals surface area contributed by atoms with E-state index < -0.39 is 10.0 Å². The van der Waals surface area contributed by atoms with E-state index in [1.165, 1.54) is 0 Å². The van der Waals surface area contributed by atoms with Crippen molar-refractivity contribution in [2.45, 2.75) is 13.3 Å². The second-order valence-corrected chi connectivity index (χ2v) is 5.75. The summed E-state index contributed by atoms with van der Waals surface area (Å²) in [6.45, 7) is 2.90. The van der Waals surface area contributed by atoms with Gasteiger partial charge in [-0.25, -0.2) is 13.1 Å². The fourth-order valence-electron chi connectivity index (χ4n) is 1.40. The smallest absolute Gasteiger partial charge is 0.213 e. The van der Waals surface area contributed by atoms with Gasteiger partial charge in [-0.1, -0.05) is 12.1 Å². The first-order valence-corrected chi connectivity index (χ1v) is 7.51. The molecule has 1 aromatic rings. The summed E-state index contributed by atoms with van der Waals surface area (Å²) in [7, 11) is -3.26. The van der Waals surface area contributed by atoms with Crippen LogP contribution < -0.4 is 4.72 Å². The summed E-state index contributed by atoms with van der Waals surface area (Å²) in [5, 5.41) is 9.11. The van der Waals surface area contributed by atoms with Crippen LogP contribution in [0.15, 0.2) is 24.3 Å². The molecule has 2 N–H and O–H groups in total. The van der Waals surface area contributed by atoms with Crippen molar-refractivity contribution >= 4 is 10.0 Å². The first-order chi connectivity index (χ1) is 8.53. The van der Waals surface area contributed by atoms with Gasteiger partial charge in [-0.3, -0.25) is 0 Å². The van der Waals surface area contributed by atoms with Crippen LogP contribution in [0.3, 0.4) is 0 Å². The normalized spacial score (nSPS) is 11.6.